The van der Waals surface area contributed by atoms with Gasteiger partial charge < -0.3 is 5.11 Å². The second-order valence-electron chi connectivity index (χ2n) is 4.17. The number of hydrogen-bond donors (Lipinski definition) is 1. The average Bonchev–Trinajstić information content (AvgIpc) is 1.84. The number of rotatable bonds is 3. The molecule has 1 saturated carbocycles. The fraction of sp³-hybridized carbons (Fsp3) is 1.00. The molecule has 0 aromatic rings. The Bertz CT molecular complexity index is 130. The molecule has 0 radical (unpaired) electrons. The quantitative estimate of drug-likeness (QED) is 0.666. The average molecular weight is 157 g/mol. The largest absolute Gasteiger partial charge is 0.394 e. The summed E-state index contributed by atoms with van der Waals surface area (Å²) in [5.74, 6) is 0. The van der Waals surface area contributed by atoms with Crippen LogP contribution in [-0.2, 0) is 0 Å². The highest BCUT2D eigenvalue weighted by molar-refractivity contribution is 4.87. The number of nitrogens with zero attached hydrogens (tertiary/aromatic N) is 1. The SMILES string of the molecule is CN(C1CCC1)C(C)(C)CO. The fourth-order valence-electron chi connectivity index (χ4n) is 1.38. The van der Waals surface area contributed by atoms with Crippen LogP contribution in [0.2, 0.25) is 0 Å². The van der Waals surface area contributed by atoms with Crippen molar-refractivity contribution in [3.05, 3.63) is 0 Å². The molecule has 1 aliphatic rings. The fourth-order valence-corrected chi connectivity index (χ4v) is 1.38. The molecule has 1 fully saturated rings. The van der Waals surface area contributed by atoms with E-state index < -0.39 is 0 Å². The minimum absolute atomic E-state index is 0.0366. The highest BCUT2D eigenvalue weighted by Crippen LogP contribution is 2.28. The zero-order chi connectivity index (χ0) is 8.48. The van der Waals surface area contributed by atoms with Gasteiger partial charge >= 0.3 is 0 Å². The number of likely N-dealkylation sites (N-methyl/N-ethyl adjacent to an activating group) is 1. The van der Waals surface area contributed by atoms with E-state index in [4.69, 9.17) is 5.11 Å². The van der Waals surface area contributed by atoms with Gasteiger partial charge in [0.25, 0.3) is 0 Å². The van der Waals surface area contributed by atoms with E-state index in [0.29, 0.717) is 0 Å². The van der Waals surface area contributed by atoms with Crippen LogP contribution in [0.5, 0.6) is 0 Å². The monoisotopic (exact) mass is 157 g/mol. The van der Waals surface area contributed by atoms with E-state index in [1.807, 2.05) is 0 Å². The predicted molar refractivity (Wildman–Crippen MR) is 46.6 cm³/mol. The summed E-state index contributed by atoms with van der Waals surface area (Å²) >= 11 is 0. The maximum Gasteiger partial charge on any atom is 0.0610 e. The third-order valence-electron chi connectivity index (χ3n) is 2.96. The second-order valence-corrected chi connectivity index (χ2v) is 4.17. The summed E-state index contributed by atoms with van der Waals surface area (Å²) in [5.41, 5.74) is -0.0366. The van der Waals surface area contributed by atoms with Crippen molar-refractivity contribution in [3.8, 4) is 0 Å². The van der Waals surface area contributed by atoms with Crippen molar-refractivity contribution < 1.29 is 5.11 Å². The summed E-state index contributed by atoms with van der Waals surface area (Å²) < 4.78 is 0. The topological polar surface area (TPSA) is 23.5 Å². The van der Waals surface area contributed by atoms with Gasteiger partial charge in [0.2, 0.25) is 0 Å². The third kappa shape index (κ3) is 1.74. The van der Waals surface area contributed by atoms with Gasteiger partial charge in [-0.3, -0.25) is 4.90 Å². The van der Waals surface area contributed by atoms with Gasteiger partial charge in [-0.15, -0.1) is 0 Å². The third-order valence-corrected chi connectivity index (χ3v) is 2.96. The number of hydrogen-bond acceptors (Lipinski definition) is 2. The minimum atomic E-state index is -0.0366. The lowest BCUT2D eigenvalue weighted by Gasteiger charge is -2.44. The zero-order valence-electron chi connectivity index (χ0n) is 7.80. The molecule has 0 unspecified atom stereocenters. The van der Waals surface area contributed by atoms with Crippen molar-refractivity contribution in [1.82, 2.24) is 4.90 Å². The van der Waals surface area contributed by atoms with Gasteiger partial charge in [-0.05, 0) is 33.7 Å². The van der Waals surface area contributed by atoms with E-state index in [2.05, 4.69) is 25.8 Å². The van der Waals surface area contributed by atoms with Crippen molar-refractivity contribution >= 4 is 0 Å². The van der Waals surface area contributed by atoms with Crippen LogP contribution < -0.4 is 0 Å². The molecule has 1 N–H and O–H groups in total. The van der Waals surface area contributed by atoms with E-state index in [1.54, 1.807) is 0 Å². The molecule has 0 saturated heterocycles. The van der Waals surface area contributed by atoms with Crippen molar-refractivity contribution in [2.45, 2.75) is 44.7 Å². The first-order valence-corrected chi connectivity index (χ1v) is 4.42. The normalized spacial score (nSPS) is 20.5. The molecular weight excluding hydrogens is 138 g/mol. The minimum Gasteiger partial charge on any atom is -0.394 e. The van der Waals surface area contributed by atoms with E-state index in [9.17, 15) is 0 Å². The van der Waals surface area contributed by atoms with Crippen LogP contribution in [0.15, 0.2) is 0 Å². The first-order chi connectivity index (χ1) is 5.08. The Labute approximate surface area is 69.2 Å². The maximum absolute atomic E-state index is 9.09. The molecule has 0 atom stereocenters. The van der Waals surface area contributed by atoms with Crippen LogP contribution in [0.1, 0.15) is 33.1 Å². The van der Waals surface area contributed by atoms with Crippen LogP contribution in [0.3, 0.4) is 0 Å². The predicted octanol–water partition coefficient (Wildman–Crippen LogP) is 1.24. The lowest BCUT2D eigenvalue weighted by molar-refractivity contribution is 0.0168. The van der Waals surface area contributed by atoms with E-state index >= 15 is 0 Å². The van der Waals surface area contributed by atoms with Crippen molar-refractivity contribution in [2.24, 2.45) is 0 Å². The lowest BCUT2D eigenvalue weighted by atomic mass is 9.88. The lowest BCUT2D eigenvalue weighted by Crippen LogP contribution is -2.52. The maximum atomic E-state index is 9.09. The van der Waals surface area contributed by atoms with Crippen LogP contribution in [-0.4, -0.2) is 35.2 Å². The summed E-state index contributed by atoms with van der Waals surface area (Å²) in [6, 6.07) is 0.720. The molecular formula is C9H19NO. The highest BCUT2D eigenvalue weighted by atomic mass is 16.3. The number of aliphatic hydroxyl groups is 1. The van der Waals surface area contributed by atoms with Crippen molar-refractivity contribution in [1.29, 1.82) is 0 Å². The summed E-state index contributed by atoms with van der Waals surface area (Å²) in [5, 5.41) is 9.09. The van der Waals surface area contributed by atoms with E-state index in [0.717, 1.165) is 6.04 Å². The second kappa shape index (κ2) is 3.11. The van der Waals surface area contributed by atoms with Gasteiger partial charge in [0.1, 0.15) is 0 Å². The summed E-state index contributed by atoms with van der Waals surface area (Å²) in [6.07, 6.45) is 3.97. The Kier molecular flexibility index (Phi) is 2.55. The molecule has 0 amide bonds. The van der Waals surface area contributed by atoms with Gasteiger partial charge in [-0.1, -0.05) is 6.42 Å². The Hall–Kier alpha value is -0.0800. The molecule has 0 aromatic heterocycles. The zero-order valence-corrected chi connectivity index (χ0v) is 7.80. The Morgan fingerprint density at radius 1 is 1.45 bits per heavy atom. The summed E-state index contributed by atoms with van der Waals surface area (Å²) in [7, 11) is 2.11. The first-order valence-electron chi connectivity index (χ1n) is 4.42. The first kappa shape index (κ1) is 9.01. The van der Waals surface area contributed by atoms with Crippen molar-refractivity contribution in [3.63, 3.8) is 0 Å². The van der Waals surface area contributed by atoms with Gasteiger partial charge in [0, 0.05) is 11.6 Å². The molecule has 11 heavy (non-hydrogen) atoms. The molecule has 0 aliphatic heterocycles. The molecule has 2 heteroatoms. The van der Waals surface area contributed by atoms with Crippen LogP contribution in [0.25, 0.3) is 0 Å². The van der Waals surface area contributed by atoms with E-state index in [1.165, 1.54) is 19.3 Å². The smallest absolute Gasteiger partial charge is 0.0610 e. The van der Waals surface area contributed by atoms with Gasteiger partial charge in [0.05, 0.1) is 6.61 Å². The molecule has 1 rings (SSSR count). The van der Waals surface area contributed by atoms with Gasteiger partial charge in [-0.25, -0.2) is 0 Å². The molecule has 1 aliphatic carbocycles. The summed E-state index contributed by atoms with van der Waals surface area (Å²) in [6.45, 7) is 4.43. The van der Waals surface area contributed by atoms with Gasteiger partial charge in [0.15, 0.2) is 0 Å². The van der Waals surface area contributed by atoms with Crippen LogP contribution in [0, 0.1) is 0 Å². The van der Waals surface area contributed by atoms with Gasteiger partial charge in [-0.2, -0.15) is 0 Å². The van der Waals surface area contributed by atoms with Crippen molar-refractivity contribution in [2.75, 3.05) is 13.7 Å². The molecule has 66 valence electrons. The van der Waals surface area contributed by atoms with Crippen LogP contribution >= 0.6 is 0 Å². The molecule has 0 heterocycles. The molecule has 0 aromatic carbocycles. The Balaban J connectivity index is 2.44. The highest BCUT2D eigenvalue weighted by Gasteiger charge is 2.31. The van der Waals surface area contributed by atoms with E-state index in [-0.39, 0.29) is 12.1 Å². The number of aliphatic hydroxyl groups excluding tert-OH is 1. The molecule has 0 bridgehead atoms. The standard InChI is InChI=1S/C9H19NO/c1-9(2,7-11)10(3)8-5-4-6-8/h8,11H,4-7H2,1-3H3. The Morgan fingerprint density at radius 2 is 2.00 bits per heavy atom. The Morgan fingerprint density at radius 3 is 2.27 bits per heavy atom. The summed E-state index contributed by atoms with van der Waals surface area (Å²) in [4.78, 5) is 2.30. The molecule has 2 nitrogen and oxygen atoms in total. The van der Waals surface area contributed by atoms with Crippen LogP contribution in [0.4, 0.5) is 0 Å². The molecule has 0 spiro atoms.